The monoisotopic (exact) mass is 430 g/mol. The Kier molecular flexibility index (Phi) is 8.22. The number of methoxy groups -OCH3 is 1. The van der Waals surface area contributed by atoms with Gasteiger partial charge in [0, 0.05) is 13.0 Å². The molecule has 9 heteroatoms. The van der Waals surface area contributed by atoms with Gasteiger partial charge in [-0.2, -0.15) is 4.98 Å². The first-order valence-corrected chi connectivity index (χ1v) is 10.7. The number of carbonyl (C=O) groups excluding carboxylic acids is 1. The van der Waals surface area contributed by atoms with E-state index in [-0.39, 0.29) is 6.61 Å². The molecule has 0 fully saturated rings. The molecule has 30 heavy (non-hydrogen) atoms. The summed E-state index contributed by atoms with van der Waals surface area (Å²) in [5.41, 5.74) is 6.18. The van der Waals surface area contributed by atoms with Crippen LogP contribution in [0, 0.1) is 0 Å². The Morgan fingerprint density at radius 2 is 2.13 bits per heavy atom. The fraction of sp³-hybridized carbons (Fsp3) is 0.381. The lowest BCUT2D eigenvalue weighted by molar-refractivity contribution is -0.119. The highest BCUT2D eigenvalue weighted by molar-refractivity contribution is 7.13. The van der Waals surface area contributed by atoms with Crippen LogP contribution in [-0.2, 0) is 17.8 Å². The third-order valence-electron chi connectivity index (χ3n) is 4.38. The maximum atomic E-state index is 10.9. The summed E-state index contributed by atoms with van der Waals surface area (Å²) in [4.78, 5) is 16.3. The predicted molar refractivity (Wildman–Crippen MR) is 115 cm³/mol. The molecular formula is C21H26N4O4S. The largest absolute Gasteiger partial charge is 0.493 e. The van der Waals surface area contributed by atoms with E-state index in [1.807, 2.05) is 29.6 Å². The van der Waals surface area contributed by atoms with E-state index in [9.17, 15) is 4.79 Å². The first-order valence-electron chi connectivity index (χ1n) is 9.81. The van der Waals surface area contributed by atoms with E-state index >= 15 is 0 Å². The number of hydrogen-bond acceptors (Lipinski definition) is 8. The summed E-state index contributed by atoms with van der Waals surface area (Å²) in [6, 6.07) is 9.58. The van der Waals surface area contributed by atoms with Gasteiger partial charge in [0.2, 0.25) is 11.7 Å². The maximum Gasteiger partial charge on any atom is 0.255 e. The molecule has 160 valence electrons. The lowest BCUT2D eigenvalue weighted by Gasteiger charge is -2.11. The molecule has 0 aliphatic carbocycles. The van der Waals surface area contributed by atoms with Gasteiger partial charge in [0.25, 0.3) is 5.91 Å². The third-order valence-corrected chi connectivity index (χ3v) is 5.25. The summed E-state index contributed by atoms with van der Waals surface area (Å²) in [7, 11) is 1.57. The quantitative estimate of drug-likeness (QED) is 0.401. The van der Waals surface area contributed by atoms with Crippen LogP contribution in [0.4, 0.5) is 0 Å². The summed E-state index contributed by atoms with van der Waals surface area (Å²) in [6.45, 7) is 1.46. The molecule has 3 aromatic rings. The minimum absolute atomic E-state index is 0.174. The number of benzene rings is 1. The average molecular weight is 431 g/mol. The van der Waals surface area contributed by atoms with E-state index in [1.165, 1.54) is 0 Å². The number of thiophene rings is 1. The van der Waals surface area contributed by atoms with Crippen molar-refractivity contribution in [1.29, 1.82) is 0 Å². The van der Waals surface area contributed by atoms with Crippen LogP contribution in [0.3, 0.4) is 0 Å². The van der Waals surface area contributed by atoms with Crippen LogP contribution in [0.1, 0.15) is 30.7 Å². The van der Waals surface area contributed by atoms with Crippen LogP contribution in [0.2, 0.25) is 0 Å². The lowest BCUT2D eigenvalue weighted by atomic mass is 10.1. The number of rotatable bonds is 13. The average Bonchev–Trinajstić information content (AvgIpc) is 3.43. The van der Waals surface area contributed by atoms with Gasteiger partial charge < -0.3 is 25.0 Å². The Hall–Kier alpha value is -2.91. The fourth-order valence-electron chi connectivity index (χ4n) is 2.89. The normalized spacial score (nSPS) is 10.8. The second kappa shape index (κ2) is 11.3. The van der Waals surface area contributed by atoms with Crippen molar-refractivity contribution < 1.29 is 18.8 Å². The number of hydrogen-bond donors (Lipinski definition) is 2. The first kappa shape index (κ1) is 21.8. The van der Waals surface area contributed by atoms with Crippen molar-refractivity contribution in [2.75, 3.05) is 20.3 Å². The van der Waals surface area contributed by atoms with Crippen molar-refractivity contribution in [3.8, 4) is 22.2 Å². The number of nitrogens with two attached hydrogens (primary N) is 1. The third kappa shape index (κ3) is 6.57. The molecule has 0 spiro atoms. The van der Waals surface area contributed by atoms with Crippen molar-refractivity contribution >= 4 is 17.2 Å². The number of unbranched alkanes of at least 4 members (excludes halogenated alkanes) is 2. The van der Waals surface area contributed by atoms with Crippen molar-refractivity contribution in [2.45, 2.75) is 32.2 Å². The smallest absolute Gasteiger partial charge is 0.255 e. The van der Waals surface area contributed by atoms with Gasteiger partial charge in [-0.05, 0) is 48.5 Å². The second-order valence-corrected chi connectivity index (χ2v) is 7.66. The Labute approximate surface area is 179 Å². The van der Waals surface area contributed by atoms with Crippen LogP contribution in [0.15, 0.2) is 40.2 Å². The summed E-state index contributed by atoms with van der Waals surface area (Å²) in [6.07, 6.45) is 3.94. The van der Waals surface area contributed by atoms with E-state index in [1.54, 1.807) is 24.5 Å². The summed E-state index contributed by atoms with van der Waals surface area (Å²) in [5, 5.41) is 9.46. The molecule has 0 atom stereocenters. The first-order chi connectivity index (χ1) is 14.7. The molecule has 0 radical (unpaired) electrons. The molecule has 1 amide bonds. The fourth-order valence-corrected chi connectivity index (χ4v) is 3.54. The van der Waals surface area contributed by atoms with Crippen LogP contribution in [0.25, 0.3) is 10.7 Å². The van der Waals surface area contributed by atoms with Crippen LogP contribution in [-0.4, -0.2) is 36.3 Å². The van der Waals surface area contributed by atoms with Gasteiger partial charge >= 0.3 is 0 Å². The molecule has 0 saturated heterocycles. The highest BCUT2D eigenvalue weighted by atomic mass is 32.1. The molecular weight excluding hydrogens is 404 g/mol. The van der Waals surface area contributed by atoms with Gasteiger partial charge in [0.15, 0.2) is 18.1 Å². The summed E-state index contributed by atoms with van der Waals surface area (Å²) < 4.78 is 16.0. The number of ether oxygens (including phenoxy) is 2. The zero-order chi connectivity index (χ0) is 21.2. The minimum Gasteiger partial charge on any atom is -0.493 e. The van der Waals surface area contributed by atoms with E-state index < -0.39 is 5.91 Å². The van der Waals surface area contributed by atoms with Crippen LogP contribution >= 0.6 is 11.3 Å². The topological polar surface area (TPSA) is 112 Å². The SMILES string of the molecule is COc1cc(CNCCCCCc2nc(-c3cccs3)no2)ccc1OCC(N)=O. The van der Waals surface area contributed by atoms with E-state index in [0.29, 0.717) is 23.2 Å². The van der Waals surface area contributed by atoms with Crippen molar-refractivity contribution in [1.82, 2.24) is 15.5 Å². The van der Waals surface area contributed by atoms with E-state index in [2.05, 4.69) is 15.5 Å². The standard InChI is InChI=1S/C21H26N4O4S/c1-27-17-12-15(8-9-16(17)28-14-19(22)26)13-23-10-4-2-3-7-20-24-21(25-29-20)18-6-5-11-30-18/h5-6,8-9,11-12,23H,2-4,7,10,13-14H2,1H3,(H2,22,26). The minimum atomic E-state index is -0.523. The molecule has 0 saturated carbocycles. The van der Waals surface area contributed by atoms with Gasteiger partial charge in [0.05, 0.1) is 12.0 Å². The number of nitrogens with one attached hydrogen (secondary N) is 1. The number of carbonyl (C=O) groups is 1. The number of primary amides is 1. The molecule has 3 N–H and O–H groups in total. The number of aryl methyl sites for hydroxylation is 1. The summed E-state index contributed by atoms with van der Waals surface area (Å²) in [5.74, 6) is 1.92. The molecule has 3 rings (SSSR count). The van der Waals surface area contributed by atoms with Gasteiger partial charge in [-0.25, -0.2) is 0 Å². The highest BCUT2D eigenvalue weighted by Crippen LogP contribution is 2.28. The lowest BCUT2D eigenvalue weighted by Crippen LogP contribution is -2.20. The Bertz CT molecular complexity index is 927. The highest BCUT2D eigenvalue weighted by Gasteiger charge is 2.09. The van der Waals surface area contributed by atoms with E-state index in [0.717, 1.165) is 49.2 Å². The van der Waals surface area contributed by atoms with Crippen molar-refractivity contribution in [3.63, 3.8) is 0 Å². The summed E-state index contributed by atoms with van der Waals surface area (Å²) >= 11 is 1.60. The molecule has 0 aliphatic rings. The van der Waals surface area contributed by atoms with Gasteiger partial charge in [-0.3, -0.25) is 4.79 Å². The molecule has 0 bridgehead atoms. The molecule has 8 nitrogen and oxygen atoms in total. The van der Waals surface area contributed by atoms with Gasteiger partial charge in [0.1, 0.15) is 0 Å². The van der Waals surface area contributed by atoms with E-state index in [4.69, 9.17) is 19.7 Å². The van der Waals surface area contributed by atoms with Gasteiger partial charge in [-0.1, -0.05) is 23.7 Å². The molecule has 2 heterocycles. The Morgan fingerprint density at radius 3 is 2.90 bits per heavy atom. The molecule has 2 aromatic heterocycles. The van der Waals surface area contributed by atoms with Crippen molar-refractivity contribution in [3.05, 3.63) is 47.2 Å². The Balaban J connectivity index is 1.32. The van der Waals surface area contributed by atoms with Crippen molar-refractivity contribution in [2.24, 2.45) is 5.73 Å². The van der Waals surface area contributed by atoms with Crippen LogP contribution in [0.5, 0.6) is 11.5 Å². The zero-order valence-electron chi connectivity index (χ0n) is 16.9. The molecule has 1 aromatic carbocycles. The number of nitrogens with zero attached hydrogens (tertiary/aromatic N) is 2. The molecule has 0 aliphatic heterocycles. The predicted octanol–water partition coefficient (Wildman–Crippen LogP) is 3.17. The number of aromatic nitrogens is 2. The van der Waals surface area contributed by atoms with Crippen LogP contribution < -0.4 is 20.5 Å². The Morgan fingerprint density at radius 1 is 1.23 bits per heavy atom. The number of amides is 1. The molecule has 0 unspecified atom stereocenters. The maximum absolute atomic E-state index is 10.9. The zero-order valence-corrected chi connectivity index (χ0v) is 17.7. The van der Waals surface area contributed by atoms with Gasteiger partial charge in [-0.15, -0.1) is 11.3 Å². The second-order valence-electron chi connectivity index (χ2n) is 6.72.